The van der Waals surface area contributed by atoms with Gasteiger partial charge in [-0.1, -0.05) is 11.4 Å². The van der Waals surface area contributed by atoms with Crippen molar-refractivity contribution in [3.05, 3.63) is 0 Å². The maximum atomic E-state index is 10.8. The van der Waals surface area contributed by atoms with Crippen molar-refractivity contribution in [3.63, 3.8) is 0 Å². The van der Waals surface area contributed by atoms with E-state index in [9.17, 15) is 23.8 Å². The zero-order chi connectivity index (χ0) is 11.9. The van der Waals surface area contributed by atoms with Crippen molar-refractivity contribution in [2.24, 2.45) is 0 Å². The number of phosphoric acid groups is 1. The standard InChI is InChI=1S/C4H11ClO7P2S.3Na/c5-1-2-11-3-4-15-14(9,10)12-13(6,7)8;;;/h1-4H2,(H,9,10)(H2,6,7,8);;;/q;3*+1/p-3. The Hall–Kier alpha value is 3.90. The molecule has 14 heteroatoms. The molecule has 0 saturated heterocycles. The Bertz CT molecular complexity index is 279. The topological polar surface area (TPSA) is 122 Å². The van der Waals surface area contributed by atoms with Crippen molar-refractivity contribution in [3.8, 4) is 0 Å². The molecule has 0 fully saturated rings. The SMILES string of the molecule is O=P([O-])([O-])OP(=O)([O-])SCCOCCCl.[Na+].[Na+].[Na+]. The van der Waals surface area contributed by atoms with Gasteiger partial charge < -0.3 is 24.0 Å². The third-order valence-electron chi connectivity index (χ3n) is 0.899. The van der Waals surface area contributed by atoms with Crippen LogP contribution in [0.25, 0.3) is 0 Å². The predicted octanol–water partition coefficient (Wildman–Crippen LogP) is -9.70. The van der Waals surface area contributed by atoms with Crippen LogP contribution in [0.2, 0.25) is 0 Å². The van der Waals surface area contributed by atoms with Gasteiger partial charge in [-0.25, -0.2) is 0 Å². The van der Waals surface area contributed by atoms with E-state index in [4.69, 9.17) is 16.3 Å². The van der Waals surface area contributed by atoms with Gasteiger partial charge in [0.25, 0.3) is 0 Å². The summed E-state index contributed by atoms with van der Waals surface area (Å²) in [6.45, 7) is -4.37. The van der Waals surface area contributed by atoms with Crippen LogP contribution in [0.4, 0.5) is 0 Å². The van der Waals surface area contributed by atoms with Gasteiger partial charge in [-0.05, 0) is 0 Å². The van der Waals surface area contributed by atoms with E-state index in [0.717, 1.165) is 0 Å². The van der Waals surface area contributed by atoms with Gasteiger partial charge in [0.2, 0.25) is 0 Å². The van der Waals surface area contributed by atoms with E-state index in [1.54, 1.807) is 0 Å². The number of rotatable bonds is 8. The van der Waals surface area contributed by atoms with Gasteiger partial charge in [0.05, 0.1) is 21.0 Å². The molecule has 0 saturated carbocycles. The monoisotopic (exact) mass is 366 g/mol. The van der Waals surface area contributed by atoms with Crippen molar-refractivity contribution in [2.75, 3.05) is 24.8 Å². The van der Waals surface area contributed by atoms with Gasteiger partial charge in [-0.15, -0.1) is 11.6 Å². The molecule has 18 heavy (non-hydrogen) atoms. The molecule has 0 bridgehead atoms. The summed E-state index contributed by atoms with van der Waals surface area (Å²) in [4.78, 5) is 30.8. The molecule has 0 amide bonds. The number of ether oxygens (including phenoxy) is 1. The summed E-state index contributed by atoms with van der Waals surface area (Å²) in [5.74, 6) is 0.226. The quantitative estimate of drug-likeness (QED) is 0.180. The number of halogens is 1. The van der Waals surface area contributed by atoms with Gasteiger partial charge in [-0.3, -0.25) is 8.88 Å². The minimum atomic E-state index is -5.51. The zero-order valence-corrected chi connectivity index (χ0v) is 19.7. The summed E-state index contributed by atoms with van der Waals surface area (Å²) in [7, 11) is -5.51. The van der Waals surface area contributed by atoms with E-state index in [1.165, 1.54) is 0 Å². The van der Waals surface area contributed by atoms with Crippen LogP contribution in [0.5, 0.6) is 0 Å². The van der Waals surface area contributed by atoms with E-state index < -0.39 is 14.6 Å². The minimum absolute atomic E-state index is 0. The Kier molecular flexibility index (Phi) is 26.2. The van der Waals surface area contributed by atoms with Crippen LogP contribution in [0.3, 0.4) is 0 Å². The molecule has 7 nitrogen and oxygen atoms in total. The Morgan fingerprint density at radius 3 is 1.94 bits per heavy atom. The van der Waals surface area contributed by atoms with Crippen LogP contribution in [-0.4, -0.2) is 24.8 Å². The van der Waals surface area contributed by atoms with Crippen LogP contribution in [0, 0.1) is 0 Å². The summed E-state index contributed by atoms with van der Waals surface area (Å²) in [6, 6.07) is 0. The first-order valence-corrected chi connectivity index (χ1v) is 8.72. The first kappa shape index (κ1) is 29.9. The molecule has 0 aliphatic rings. The van der Waals surface area contributed by atoms with Gasteiger partial charge >= 0.3 is 88.7 Å². The van der Waals surface area contributed by atoms with Crippen molar-refractivity contribution < 1.29 is 122 Å². The Morgan fingerprint density at radius 2 is 1.56 bits per heavy atom. The fourth-order valence-electron chi connectivity index (χ4n) is 0.511. The second kappa shape index (κ2) is 15.8. The van der Waals surface area contributed by atoms with Crippen molar-refractivity contribution in [2.45, 2.75) is 0 Å². The smallest absolute Gasteiger partial charge is 0.790 e. The zero-order valence-electron chi connectivity index (χ0n) is 10.4. The largest absolute Gasteiger partial charge is 1.00 e. The third kappa shape index (κ3) is 22.2. The molecular weight excluding hydrogens is 358 g/mol. The molecule has 1 unspecified atom stereocenters. The number of hydrogen-bond donors (Lipinski definition) is 0. The molecule has 0 radical (unpaired) electrons. The Balaban J connectivity index is -0.000000327. The van der Waals surface area contributed by atoms with Crippen molar-refractivity contribution >= 4 is 37.6 Å². The maximum absolute atomic E-state index is 10.8. The Morgan fingerprint density at radius 1 is 1.06 bits per heavy atom. The fraction of sp³-hybridized carbons (Fsp3) is 1.00. The average Bonchev–Trinajstić information content (AvgIpc) is 1.99. The molecule has 0 aliphatic heterocycles. The summed E-state index contributed by atoms with van der Waals surface area (Å²) in [6.07, 6.45) is 0. The molecule has 92 valence electrons. The molecule has 0 spiro atoms. The fourth-order valence-corrected chi connectivity index (χ4v) is 4.26. The van der Waals surface area contributed by atoms with E-state index in [0.29, 0.717) is 0 Å². The van der Waals surface area contributed by atoms with Crippen LogP contribution in [0.1, 0.15) is 0 Å². The summed E-state index contributed by atoms with van der Waals surface area (Å²) >= 11 is 5.46. The summed E-state index contributed by atoms with van der Waals surface area (Å²) in [5, 5.41) is 0. The molecule has 0 aliphatic carbocycles. The van der Waals surface area contributed by atoms with Gasteiger partial charge in [0, 0.05) is 11.6 Å². The van der Waals surface area contributed by atoms with E-state index in [1.807, 2.05) is 0 Å². The van der Waals surface area contributed by atoms with Gasteiger partial charge in [-0.2, -0.15) is 0 Å². The number of alkyl halides is 1. The predicted molar refractivity (Wildman–Crippen MR) is 50.3 cm³/mol. The molecule has 0 rings (SSSR count). The first-order valence-electron chi connectivity index (χ1n) is 3.59. The van der Waals surface area contributed by atoms with Gasteiger partial charge in [0.1, 0.15) is 0 Å². The molecule has 0 heterocycles. The van der Waals surface area contributed by atoms with E-state index in [-0.39, 0.29) is 125 Å². The van der Waals surface area contributed by atoms with Gasteiger partial charge in [0.15, 0.2) is 6.80 Å². The van der Waals surface area contributed by atoms with Crippen LogP contribution < -0.4 is 103 Å². The van der Waals surface area contributed by atoms with Crippen LogP contribution in [-0.2, 0) is 18.2 Å². The molecule has 0 aromatic heterocycles. The number of hydrogen-bond acceptors (Lipinski definition) is 8. The molecule has 0 aromatic rings. The van der Waals surface area contributed by atoms with Crippen LogP contribution in [0.15, 0.2) is 0 Å². The van der Waals surface area contributed by atoms with Crippen LogP contribution >= 0.6 is 37.6 Å². The average molecular weight is 367 g/mol. The van der Waals surface area contributed by atoms with E-state index in [2.05, 4.69) is 4.31 Å². The van der Waals surface area contributed by atoms with Crippen molar-refractivity contribution in [1.82, 2.24) is 0 Å². The second-order valence-electron chi connectivity index (χ2n) is 2.11. The summed E-state index contributed by atoms with van der Waals surface area (Å²) < 4.78 is 29.0. The molecule has 0 N–H and O–H groups in total. The maximum Gasteiger partial charge on any atom is 1.00 e. The third-order valence-corrected chi connectivity index (χ3v) is 5.41. The normalized spacial score (nSPS) is 13.6. The summed E-state index contributed by atoms with van der Waals surface area (Å²) in [5.41, 5.74) is 0. The minimum Gasteiger partial charge on any atom is -0.790 e. The molecule has 0 aromatic carbocycles. The Labute approximate surface area is 181 Å². The molecular formula is C4H8ClNa3O7P2S. The molecule has 1 atom stereocenters. The first-order chi connectivity index (χ1) is 6.77. The van der Waals surface area contributed by atoms with Crippen molar-refractivity contribution in [1.29, 1.82) is 0 Å². The van der Waals surface area contributed by atoms with E-state index >= 15 is 0 Å². The second-order valence-corrected chi connectivity index (χ2v) is 7.71.